The summed E-state index contributed by atoms with van der Waals surface area (Å²) >= 11 is 12.3. The van der Waals surface area contributed by atoms with Gasteiger partial charge in [-0.25, -0.2) is 0 Å². The minimum absolute atomic E-state index is 0.115. The summed E-state index contributed by atoms with van der Waals surface area (Å²) in [7, 11) is 0. The summed E-state index contributed by atoms with van der Waals surface area (Å²) < 4.78 is 6.78. The first kappa shape index (κ1) is 14.3. The molecule has 0 heterocycles. The first-order valence-electron chi connectivity index (χ1n) is 5.04. The number of rotatable bonds is 3. The third-order valence-corrected chi connectivity index (χ3v) is 3.58. The average molecular weight is 407 g/mol. The van der Waals surface area contributed by atoms with Gasteiger partial charge < -0.3 is 4.74 Å². The third kappa shape index (κ3) is 3.46. The Kier molecular flexibility index (Phi) is 4.44. The van der Waals surface area contributed by atoms with Gasteiger partial charge in [-0.2, -0.15) is 0 Å². The van der Waals surface area contributed by atoms with Crippen molar-refractivity contribution in [2.45, 2.75) is 0 Å². The van der Waals surface area contributed by atoms with Gasteiger partial charge in [0, 0.05) is 15.6 Å². The van der Waals surface area contributed by atoms with Gasteiger partial charge in [-0.05, 0) is 46.3 Å². The Morgan fingerprint density at radius 2 is 1.79 bits per heavy atom. The standard InChI is InChI=1S/C12H6Br2ClNO3/c13-7-1-3-12(10(5-7)16(17)18)19-11-4-2-8(15)6-9(11)14/h1-6H. The molecule has 19 heavy (non-hydrogen) atoms. The van der Waals surface area contributed by atoms with Gasteiger partial charge in [0.2, 0.25) is 5.75 Å². The molecule has 0 aliphatic heterocycles. The van der Waals surface area contributed by atoms with Gasteiger partial charge in [-0.15, -0.1) is 0 Å². The summed E-state index contributed by atoms with van der Waals surface area (Å²) in [5, 5.41) is 11.5. The molecule has 98 valence electrons. The first-order valence-corrected chi connectivity index (χ1v) is 7.00. The topological polar surface area (TPSA) is 52.4 Å². The largest absolute Gasteiger partial charge is 0.449 e. The lowest BCUT2D eigenvalue weighted by atomic mass is 10.3. The highest BCUT2D eigenvalue weighted by atomic mass is 79.9. The molecule has 2 rings (SSSR count). The molecule has 0 saturated carbocycles. The van der Waals surface area contributed by atoms with Crippen LogP contribution in [0.1, 0.15) is 0 Å². The van der Waals surface area contributed by atoms with Crippen molar-refractivity contribution in [3.63, 3.8) is 0 Å². The molecule has 0 amide bonds. The normalized spacial score (nSPS) is 10.3. The van der Waals surface area contributed by atoms with E-state index in [0.717, 1.165) is 0 Å². The zero-order valence-electron chi connectivity index (χ0n) is 9.27. The number of nitro groups is 1. The van der Waals surface area contributed by atoms with Crippen LogP contribution in [0.4, 0.5) is 5.69 Å². The van der Waals surface area contributed by atoms with E-state index in [1.54, 1.807) is 24.3 Å². The molecule has 0 fully saturated rings. The smallest absolute Gasteiger partial charge is 0.312 e. The highest BCUT2D eigenvalue weighted by molar-refractivity contribution is 9.10. The van der Waals surface area contributed by atoms with Crippen LogP contribution in [0, 0.1) is 10.1 Å². The lowest BCUT2D eigenvalue weighted by molar-refractivity contribution is -0.385. The second-order valence-corrected chi connectivity index (χ2v) is 5.75. The van der Waals surface area contributed by atoms with Crippen molar-refractivity contribution in [2.75, 3.05) is 0 Å². The molecule has 0 aliphatic rings. The lowest BCUT2D eigenvalue weighted by Gasteiger charge is -2.08. The third-order valence-electron chi connectivity index (χ3n) is 2.23. The van der Waals surface area contributed by atoms with Crippen LogP contribution in [0.15, 0.2) is 45.3 Å². The average Bonchev–Trinajstić information content (AvgIpc) is 2.34. The van der Waals surface area contributed by atoms with Gasteiger partial charge in [-0.1, -0.05) is 27.5 Å². The van der Waals surface area contributed by atoms with E-state index in [1.807, 2.05) is 0 Å². The fraction of sp³-hybridized carbons (Fsp3) is 0. The molecular formula is C12H6Br2ClNO3. The first-order chi connectivity index (χ1) is 8.97. The van der Waals surface area contributed by atoms with E-state index in [2.05, 4.69) is 31.9 Å². The summed E-state index contributed by atoms with van der Waals surface area (Å²) in [5.74, 6) is 0.617. The molecule has 0 radical (unpaired) electrons. The zero-order chi connectivity index (χ0) is 14.0. The van der Waals surface area contributed by atoms with Crippen molar-refractivity contribution in [3.8, 4) is 11.5 Å². The van der Waals surface area contributed by atoms with Gasteiger partial charge in [0.15, 0.2) is 0 Å². The second kappa shape index (κ2) is 5.90. The van der Waals surface area contributed by atoms with Crippen LogP contribution in [0.5, 0.6) is 11.5 Å². The van der Waals surface area contributed by atoms with Crippen LogP contribution in [0.25, 0.3) is 0 Å². The van der Waals surface area contributed by atoms with Crippen LogP contribution in [-0.2, 0) is 0 Å². The number of ether oxygens (including phenoxy) is 1. The summed E-state index contributed by atoms with van der Waals surface area (Å²) in [6.45, 7) is 0. The predicted molar refractivity (Wildman–Crippen MR) is 80.0 cm³/mol. The van der Waals surface area contributed by atoms with Crippen LogP contribution < -0.4 is 4.74 Å². The van der Waals surface area contributed by atoms with Gasteiger partial charge >= 0.3 is 5.69 Å². The lowest BCUT2D eigenvalue weighted by Crippen LogP contribution is -1.94. The maximum absolute atomic E-state index is 11.0. The monoisotopic (exact) mass is 405 g/mol. The minimum Gasteiger partial charge on any atom is -0.449 e. The molecule has 0 N–H and O–H groups in total. The quantitative estimate of drug-likeness (QED) is 0.494. The van der Waals surface area contributed by atoms with Crippen molar-refractivity contribution in [1.29, 1.82) is 0 Å². The van der Waals surface area contributed by atoms with E-state index in [4.69, 9.17) is 16.3 Å². The van der Waals surface area contributed by atoms with E-state index in [9.17, 15) is 10.1 Å². The van der Waals surface area contributed by atoms with Gasteiger partial charge in [-0.3, -0.25) is 10.1 Å². The molecule has 7 heteroatoms. The van der Waals surface area contributed by atoms with Gasteiger partial charge in [0.1, 0.15) is 5.75 Å². The van der Waals surface area contributed by atoms with E-state index in [0.29, 0.717) is 19.7 Å². The summed E-state index contributed by atoms with van der Waals surface area (Å²) in [4.78, 5) is 10.5. The van der Waals surface area contributed by atoms with Gasteiger partial charge in [0.25, 0.3) is 0 Å². The van der Waals surface area contributed by atoms with Crippen LogP contribution in [-0.4, -0.2) is 4.92 Å². The molecular weight excluding hydrogens is 401 g/mol. The molecule has 4 nitrogen and oxygen atoms in total. The minimum atomic E-state index is -0.496. The molecule has 0 bridgehead atoms. The van der Waals surface area contributed by atoms with E-state index in [1.165, 1.54) is 12.1 Å². The van der Waals surface area contributed by atoms with Gasteiger partial charge in [0.05, 0.1) is 9.40 Å². The van der Waals surface area contributed by atoms with Crippen molar-refractivity contribution >= 4 is 49.1 Å². The van der Waals surface area contributed by atoms with E-state index >= 15 is 0 Å². The summed E-state index contributed by atoms with van der Waals surface area (Å²) in [6.07, 6.45) is 0. The van der Waals surface area contributed by atoms with Crippen LogP contribution in [0.3, 0.4) is 0 Å². The zero-order valence-corrected chi connectivity index (χ0v) is 13.2. The van der Waals surface area contributed by atoms with E-state index in [-0.39, 0.29) is 11.4 Å². The Bertz CT molecular complexity index is 649. The summed E-state index contributed by atoms with van der Waals surface area (Å²) in [6, 6.07) is 9.53. The Labute approximate surface area is 130 Å². The van der Waals surface area contributed by atoms with Crippen LogP contribution >= 0.6 is 43.5 Å². The van der Waals surface area contributed by atoms with Crippen molar-refractivity contribution < 1.29 is 9.66 Å². The van der Waals surface area contributed by atoms with Crippen LogP contribution in [0.2, 0.25) is 5.02 Å². The molecule has 0 aliphatic carbocycles. The fourth-order valence-electron chi connectivity index (χ4n) is 1.40. The number of benzene rings is 2. The van der Waals surface area contributed by atoms with Crippen molar-refractivity contribution in [1.82, 2.24) is 0 Å². The van der Waals surface area contributed by atoms with Crippen molar-refractivity contribution in [2.24, 2.45) is 0 Å². The molecule has 2 aromatic carbocycles. The Morgan fingerprint density at radius 3 is 2.42 bits per heavy atom. The number of hydrogen-bond donors (Lipinski definition) is 0. The molecule has 0 spiro atoms. The number of nitrogens with zero attached hydrogens (tertiary/aromatic N) is 1. The predicted octanol–water partition coefficient (Wildman–Crippen LogP) is 5.57. The SMILES string of the molecule is O=[N+]([O-])c1cc(Br)ccc1Oc1ccc(Cl)cc1Br. The number of hydrogen-bond acceptors (Lipinski definition) is 3. The fourth-order valence-corrected chi connectivity index (χ4v) is 2.51. The molecule has 0 unspecified atom stereocenters. The summed E-state index contributed by atoms with van der Waals surface area (Å²) in [5.41, 5.74) is -0.115. The highest BCUT2D eigenvalue weighted by Gasteiger charge is 2.17. The van der Waals surface area contributed by atoms with E-state index < -0.39 is 4.92 Å². The Morgan fingerprint density at radius 1 is 1.11 bits per heavy atom. The second-order valence-electron chi connectivity index (χ2n) is 3.55. The molecule has 0 atom stereocenters. The van der Waals surface area contributed by atoms with Crippen molar-refractivity contribution in [3.05, 3.63) is 60.5 Å². The Balaban J connectivity index is 2.40. The highest BCUT2D eigenvalue weighted by Crippen LogP contribution is 2.37. The number of nitro benzene ring substituents is 1. The maximum atomic E-state index is 11.0. The number of halogens is 3. The molecule has 2 aromatic rings. The maximum Gasteiger partial charge on any atom is 0.312 e. The Hall–Kier alpha value is -1.11. The molecule has 0 saturated heterocycles. The molecule has 0 aromatic heterocycles.